The lowest BCUT2D eigenvalue weighted by molar-refractivity contribution is 0.0141. The van der Waals surface area contributed by atoms with E-state index >= 15 is 0 Å². The monoisotopic (exact) mass is 335 g/mol. The third kappa shape index (κ3) is 3.62. The molecule has 3 rings (SSSR count). The van der Waals surface area contributed by atoms with Crippen molar-refractivity contribution in [3.8, 4) is 5.88 Å². The maximum Gasteiger partial charge on any atom is 0.292 e. The van der Waals surface area contributed by atoms with E-state index < -0.39 is 0 Å². The maximum absolute atomic E-state index is 12.5. The summed E-state index contributed by atoms with van der Waals surface area (Å²) in [6.07, 6.45) is 3.80. The van der Waals surface area contributed by atoms with Gasteiger partial charge in [0.05, 0.1) is 26.4 Å². The molecule has 0 saturated carbocycles. The van der Waals surface area contributed by atoms with Crippen LogP contribution in [0.5, 0.6) is 5.88 Å². The van der Waals surface area contributed by atoms with E-state index in [1.54, 1.807) is 0 Å². The molecule has 132 valence electrons. The molecule has 2 fully saturated rings. The van der Waals surface area contributed by atoms with Crippen molar-refractivity contribution in [2.24, 2.45) is 5.41 Å². The Morgan fingerprint density at radius 1 is 1.46 bits per heavy atom. The fraction of sp³-hybridized carbons (Fsp3) is 0.647. The minimum Gasteiger partial charge on any atom is -0.479 e. The molecular weight excluding hydrogens is 310 g/mol. The first-order chi connectivity index (χ1) is 11.7. The summed E-state index contributed by atoms with van der Waals surface area (Å²) in [6.45, 7) is 9.58. The molecule has 7 nitrogen and oxygen atoms in total. The van der Waals surface area contributed by atoms with Gasteiger partial charge in [0.1, 0.15) is 0 Å². The average molecular weight is 335 g/mol. The molecule has 1 amide bonds. The van der Waals surface area contributed by atoms with E-state index in [0.29, 0.717) is 19.0 Å². The molecule has 1 aromatic rings. The topological polar surface area (TPSA) is 68.0 Å². The van der Waals surface area contributed by atoms with E-state index in [9.17, 15) is 4.79 Å². The van der Waals surface area contributed by atoms with Gasteiger partial charge in [-0.25, -0.2) is 0 Å². The van der Waals surface area contributed by atoms with Gasteiger partial charge < -0.3 is 18.9 Å². The number of rotatable bonds is 4. The number of methoxy groups -OCH3 is 1. The highest BCUT2D eigenvalue weighted by molar-refractivity contribution is 5.91. The van der Waals surface area contributed by atoms with Crippen LogP contribution in [0.15, 0.2) is 23.2 Å². The molecular formula is C17H25N3O4. The molecule has 0 atom stereocenters. The molecule has 0 aliphatic carbocycles. The summed E-state index contributed by atoms with van der Waals surface area (Å²) < 4.78 is 15.9. The molecule has 2 aliphatic rings. The van der Waals surface area contributed by atoms with Gasteiger partial charge in [0, 0.05) is 38.1 Å². The van der Waals surface area contributed by atoms with Crippen LogP contribution < -0.4 is 4.74 Å². The van der Waals surface area contributed by atoms with Gasteiger partial charge in [-0.2, -0.15) is 0 Å². The van der Waals surface area contributed by atoms with Crippen molar-refractivity contribution in [3.63, 3.8) is 0 Å². The molecule has 1 spiro atoms. The van der Waals surface area contributed by atoms with E-state index in [2.05, 4.69) is 16.6 Å². The van der Waals surface area contributed by atoms with Crippen LogP contribution in [-0.4, -0.2) is 73.9 Å². The first kappa shape index (κ1) is 17.0. The molecule has 3 heterocycles. The van der Waals surface area contributed by atoms with Gasteiger partial charge in [-0.15, -0.1) is 6.58 Å². The van der Waals surface area contributed by atoms with Crippen molar-refractivity contribution >= 4 is 5.91 Å². The fourth-order valence-corrected chi connectivity index (χ4v) is 3.52. The third-order valence-electron chi connectivity index (χ3n) is 4.93. The second-order valence-corrected chi connectivity index (χ2v) is 6.60. The number of nitrogens with zero attached hydrogens (tertiary/aromatic N) is 3. The standard InChI is InChI=1S/C17H25N3O4/c1-3-6-19-9-10-23-13-17(12-19)4-7-20(8-5-17)16(21)14-11-15(22-2)18-24-14/h3,11H,1,4-10,12-13H2,2H3. The highest BCUT2D eigenvalue weighted by Crippen LogP contribution is 2.34. The number of piperidine rings is 1. The maximum atomic E-state index is 12.5. The van der Waals surface area contributed by atoms with Gasteiger partial charge >= 0.3 is 0 Å². The van der Waals surface area contributed by atoms with Crippen LogP contribution in [-0.2, 0) is 4.74 Å². The smallest absolute Gasteiger partial charge is 0.292 e. The zero-order valence-electron chi connectivity index (χ0n) is 14.2. The van der Waals surface area contributed by atoms with Gasteiger partial charge in [0.2, 0.25) is 5.76 Å². The van der Waals surface area contributed by atoms with Crippen molar-refractivity contribution in [1.82, 2.24) is 15.0 Å². The van der Waals surface area contributed by atoms with E-state index in [1.165, 1.54) is 13.2 Å². The SMILES string of the molecule is C=CCN1CCOCC2(CCN(C(=O)c3cc(OC)no3)CC2)C1. The molecule has 0 aromatic carbocycles. The van der Waals surface area contributed by atoms with Crippen molar-refractivity contribution < 1.29 is 18.8 Å². The van der Waals surface area contributed by atoms with Gasteiger partial charge in [0.25, 0.3) is 11.8 Å². The second-order valence-electron chi connectivity index (χ2n) is 6.60. The number of likely N-dealkylation sites (tertiary alicyclic amines) is 1. The van der Waals surface area contributed by atoms with Crippen LogP contribution >= 0.6 is 0 Å². The Balaban J connectivity index is 1.61. The summed E-state index contributed by atoms with van der Waals surface area (Å²) in [5.41, 5.74) is 0.120. The summed E-state index contributed by atoms with van der Waals surface area (Å²) >= 11 is 0. The predicted octanol–water partition coefficient (Wildman–Crippen LogP) is 1.42. The molecule has 1 aromatic heterocycles. The van der Waals surface area contributed by atoms with Crippen molar-refractivity contribution in [2.45, 2.75) is 12.8 Å². The highest BCUT2D eigenvalue weighted by atomic mass is 16.5. The Hall–Kier alpha value is -1.86. The lowest BCUT2D eigenvalue weighted by atomic mass is 9.78. The Bertz CT molecular complexity index is 578. The quantitative estimate of drug-likeness (QED) is 0.775. The lowest BCUT2D eigenvalue weighted by Gasteiger charge is -2.42. The predicted molar refractivity (Wildman–Crippen MR) is 88.1 cm³/mol. The van der Waals surface area contributed by atoms with E-state index in [1.807, 2.05) is 11.0 Å². The first-order valence-corrected chi connectivity index (χ1v) is 8.37. The second kappa shape index (κ2) is 7.36. The Labute approximate surface area is 142 Å². The number of hydrogen-bond donors (Lipinski definition) is 0. The number of carbonyl (C=O) groups is 1. The summed E-state index contributed by atoms with van der Waals surface area (Å²) in [5.74, 6) is 0.426. The van der Waals surface area contributed by atoms with Crippen molar-refractivity contribution in [3.05, 3.63) is 24.5 Å². The zero-order chi connectivity index (χ0) is 17.0. The minimum absolute atomic E-state index is 0.120. The fourth-order valence-electron chi connectivity index (χ4n) is 3.52. The minimum atomic E-state index is -0.127. The molecule has 0 unspecified atom stereocenters. The van der Waals surface area contributed by atoms with Crippen LogP contribution in [0.2, 0.25) is 0 Å². The molecule has 7 heteroatoms. The summed E-state index contributed by atoms with van der Waals surface area (Å²) in [7, 11) is 1.50. The summed E-state index contributed by atoms with van der Waals surface area (Å²) in [6, 6.07) is 1.54. The van der Waals surface area contributed by atoms with Crippen LogP contribution in [0.4, 0.5) is 0 Å². The van der Waals surface area contributed by atoms with Crippen LogP contribution in [0.3, 0.4) is 0 Å². The van der Waals surface area contributed by atoms with E-state index in [4.69, 9.17) is 14.0 Å². The largest absolute Gasteiger partial charge is 0.479 e. The van der Waals surface area contributed by atoms with Gasteiger partial charge in [0.15, 0.2) is 0 Å². The number of carbonyl (C=O) groups excluding carboxylic acids is 1. The molecule has 24 heavy (non-hydrogen) atoms. The van der Waals surface area contributed by atoms with Crippen LogP contribution in [0.1, 0.15) is 23.4 Å². The first-order valence-electron chi connectivity index (χ1n) is 8.37. The van der Waals surface area contributed by atoms with Crippen molar-refractivity contribution in [2.75, 3.05) is 53.0 Å². The zero-order valence-corrected chi connectivity index (χ0v) is 14.2. The molecule has 2 saturated heterocycles. The number of hydrogen-bond acceptors (Lipinski definition) is 6. The lowest BCUT2D eigenvalue weighted by Crippen LogP contribution is -2.48. The van der Waals surface area contributed by atoms with E-state index in [0.717, 1.165) is 45.7 Å². The van der Waals surface area contributed by atoms with Gasteiger partial charge in [-0.05, 0) is 18.0 Å². The average Bonchev–Trinajstić information content (AvgIpc) is 3.00. The molecule has 0 N–H and O–H groups in total. The highest BCUT2D eigenvalue weighted by Gasteiger charge is 2.39. The summed E-state index contributed by atoms with van der Waals surface area (Å²) in [5, 5.41) is 3.70. The van der Waals surface area contributed by atoms with E-state index in [-0.39, 0.29) is 17.1 Å². The third-order valence-corrected chi connectivity index (χ3v) is 4.93. The molecule has 2 aliphatic heterocycles. The molecule has 0 bridgehead atoms. The van der Waals surface area contributed by atoms with Crippen molar-refractivity contribution in [1.29, 1.82) is 0 Å². The Morgan fingerprint density at radius 3 is 2.92 bits per heavy atom. The van der Waals surface area contributed by atoms with Crippen LogP contribution in [0, 0.1) is 5.41 Å². The van der Waals surface area contributed by atoms with Crippen LogP contribution in [0.25, 0.3) is 0 Å². The van der Waals surface area contributed by atoms with Gasteiger partial charge in [-0.3, -0.25) is 9.69 Å². The summed E-state index contributed by atoms with van der Waals surface area (Å²) in [4.78, 5) is 16.7. The normalized spacial score (nSPS) is 21.5. The Morgan fingerprint density at radius 2 is 2.25 bits per heavy atom. The molecule has 0 radical (unpaired) electrons. The van der Waals surface area contributed by atoms with Gasteiger partial charge in [-0.1, -0.05) is 6.08 Å². The number of aromatic nitrogens is 1. The number of ether oxygens (including phenoxy) is 2. The Kier molecular flexibility index (Phi) is 5.20. The number of amides is 1.